The van der Waals surface area contributed by atoms with E-state index in [2.05, 4.69) is 29.5 Å². The largest absolute Gasteiger partial charge is 0.477 e. The predicted octanol–water partition coefficient (Wildman–Crippen LogP) is 3.93. The summed E-state index contributed by atoms with van der Waals surface area (Å²) in [5.74, 6) is -0.182. The quantitative estimate of drug-likeness (QED) is 0.842. The first-order chi connectivity index (χ1) is 8.13. The van der Waals surface area contributed by atoms with Gasteiger partial charge in [0.25, 0.3) is 0 Å². The van der Waals surface area contributed by atoms with Crippen molar-refractivity contribution in [2.24, 2.45) is 5.92 Å². The summed E-state index contributed by atoms with van der Waals surface area (Å²) in [6.07, 6.45) is 7.98. The maximum atomic E-state index is 11.2. The molecular formula is C13H18INO2. The highest BCUT2D eigenvalue weighted by Gasteiger charge is 2.28. The zero-order valence-electron chi connectivity index (χ0n) is 10.0. The maximum absolute atomic E-state index is 11.2. The summed E-state index contributed by atoms with van der Waals surface area (Å²) in [7, 11) is 0. The van der Waals surface area contributed by atoms with Crippen LogP contribution in [0, 0.1) is 9.49 Å². The minimum atomic E-state index is -0.812. The number of halogens is 1. The van der Waals surface area contributed by atoms with Crippen LogP contribution in [0.15, 0.2) is 12.3 Å². The molecule has 1 saturated carbocycles. The number of carbonyl (C=O) groups is 1. The molecule has 17 heavy (non-hydrogen) atoms. The number of carboxylic acids is 1. The third-order valence-electron chi connectivity index (χ3n) is 3.78. The fraction of sp³-hybridized carbons (Fsp3) is 0.615. The minimum absolute atomic E-state index is 0.378. The lowest BCUT2D eigenvalue weighted by atomic mass is 9.82. The van der Waals surface area contributed by atoms with E-state index in [0.717, 1.165) is 16.4 Å². The van der Waals surface area contributed by atoms with Crippen molar-refractivity contribution in [3.05, 3.63) is 21.5 Å². The minimum Gasteiger partial charge on any atom is -0.477 e. The Hall–Kier alpha value is -0.520. The molecule has 2 rings (SSSR count). The SMILES string of the molecule is CCC1CCCCC1n1cc(I)cc1C(=O)O. The van der Waals surface area contributed by atoms with Gasteiger partial charge in [0.1, 0.15) is 5.69 Å². The second kappa shape index (κ2) is 5.42. The zero-order chi connectivity index (χ0) is 12.4. The first-order valence-electron chi connectivity index (χ1n) is 6.24. The lowest BCUT2D eigenvalue weighted by Gasteiger charge is -2.32. The molecule has 0 saturated heterocycles. The molecule has 4 heteroatoms. The van der Waals surface area contributed by atoms with Crippen molar-refractivity contribution in [1.29, 1.82) is 0 Å². The van der Waals surface area contributed by atoms with Crippen LogP contribution in [0.3, 0.4) is 0 Å². The van der Waals surface area contributed by atoms with Crippen LogP contribution in [0.1, 0.15) is 55.6 Å². The number of hydrogen-bond acceptors (Lipinski definition) is 1. The molecule has 1 aromatic rings. The fourth-order valence-corrected chi connectivity index (χ4v) is 3.52. The molecule has 94 valence electrons. The van der Waals surface area contributed by atoms with E-state index >= 15 is 0 Å². The van der Waals surface area contributed by atoms with Crippen LogP contribution in [0.4, 0.5) is 0 Å². The Bertz CT molecular complexity index is 414. The average molecular weight is 347 g/mol. The molecule has 0 bridgehead atoms. The molecule has 1 heterocycles. The smallest absolute Gasteiger partial charge is 0.352 e. The summed E-state index contributed by atoms with van der Waals surface area (Å²) in [5, 5.41) is 9.24. The van der Waals surface area contributed by atoms with E-state index in [1.54, 1.807) is 6.07 Å². The third-order valence-corrected chi connectivity index (χ3v) is 4.37. The first-order valence-corrected chi connectivity index (χ1v) is 7.32. The normalized spacial score (nSPS) is 24.8. The number of aromatic nitrogens is 1. The monoisotopic (exact) mass is 347 g/mol. The van der Waals surface area contributed by atoms with Crippen molar-refractivity contribution in [2.75, 3.05) is 0 Å². The lowest BCUT2D eigenvalue weighted by molar-refractivity contribution is 0.0676. The molecule has 2 unspecified atom stereocenters. The Morgan fingerprint density at radius 1 is 1.53 bits per heavy atom. The van der Waals surface area contributed by atoms with Gasteiger partial charge in [0.2, 0.25) is 0 Å². The van der Waals surface area contributed by atoms with Gasteiger partial charge in [-0.2, -0.15) is 0 Å². The number of nitrogens with zero attached hydrogens (tertiary/aromatic N) is 1. The van der Waals surface area contributed by atoms with Crippen molar-refractivity contribution in [2.45, 2.75) is 45.1 Å². The predicted molar refractivity (Wildman–Crippen MR) is 75.4 cm³/mol. The Labute approximate surface area is 115 Å². The van der Waals surface area contributed by atoms with Crippen LogP contribution in [-0.2, 0) is 0 Å². The molecule has 0 amide bonds. The van der Waals surface area contributed by atoms with Crippen LogP contribution in [0.2, 0.25) is 0 Å². The van der Waals surface area contributed by atoms with Gasteiger partial charge in [-0.3, -0.25) is 0 Å². The molecule has 1 N–H and O–H groups in total. The van der Waals surface area contributed by atoms with Gasteiger partial charge in [0, 0.05) is 15.8 Å². The highest BCUT2D eigenvalue weighted by Crippen LogP contribution is 2.37. The third kappa shape index (κ3) is 2.67. The van der Waals surface area contributed by atoms with Gasteiger partial charge >= 0.3 is 5.97 Å². The molecule has 3 nitrogen and oxygen atoms in total. The summed E-state index contributed by atoms with van der Waals surface area (Å²) in [4.78, 5) is 11.2. The Morgan fingerprint density at radius 3 is 2.88 bits per heavy atom. The van der Waals surface area contributed by atoms with Crippen LogP contribution in [-0.4, -0.2) is 15.6 Å². The molecule has 1 aliphatic carbocycles. The van der Waals surface area contributed by atoms with Crippen LogP contribution >= 0.6 is 22.6 Å². The van der Waals surface area contributed by atoms with Gasteiger partial charge in [-0.1, -0.05) is 26.2 Å². The molecule has 2 atom stereocenters. The van der Waals surface area contributed by atoms with Crippen molar-refractivity contribution < 1.29 is 9.90 Å². The molecule has 1 fully saturated rings. The lowest BCUT2D eigenvalue weighted by Crippen LogP contribution is -2.24. The van der Waals surface area contributed by atoms with Gasteiger partial charge in [-0.05, 0) is 47.4 Å². The van der Waals surface area contributed by atoms with E-state index in [1.807, 2.05) is 10.8 Å². The second-order valence-electron chi connectivity index (χ2n) is 4.78. The Kier molecular flexibility index (Phi) is 4.12. The van der Waals surface area contributed by atoms with Gasteiger partial charge in [0.05, 0.1) is 0 Å². The van der Waals surface area contributed by atoms with E-state index in [-0.39, 0.29) is 0 Å². The fourth-order valence-electron chi connectivity index (χ4n) is 2.92. The summed E-state index contributed by atoms with van der Waals surface area (Å²) in [5.41, 5.74) is 0.444. The van der Waals surface area contributed by atoms with Gasteiger partial charge in [0.15, 0.2) is 0 Å². The van der Waals surface area contributed by atoms with Gasteiger partial charge in [-0.25, -0.2) is 4.79 Å². The zero-order valence-corrected chi connectivity index (χ0v) is 12.2. The topological polar surface area (TPSA) is 42.2 Å². The van der Waals surface area contributed by atoms with Crippen molar-refractivity contribution >= 4 is 28.6 Å². The van der Waals surface area contributed by atoms with Crippen molar-refractivity contribution in [1.82, 2.24) is 4.57 Å². The molecule has 1 aliphatic rings. The van der Waals surface area contributed by atoms with Crippen LogP contribution in [0.5, 0.6) is 0 Å². The van der Waals surface area contributed by atoms with Crippen LogP contribution in [0.25, 0.3) is 0 Å². The van der Waals surface area contributed by atoms with Gasteiger partial charge < -0.3 is 9.67 Å². The molecule has 1 aromatic heterocycles. The number of aromatic carboxylic acids is 1. The number of rotatable bonds is 3. The molecule has 0 aromatic carbocycles. The molecule has 0 radical (unpaired) electrons. The number of hydrogen-bond donors (Lipinski definition) is 1. The summed E-state index contributed by atoms with van der Waals surface area (Å²) in [6.45, 7) is 2.21. The van der Waals surface area contributed by atoms with E-state index in [1.165, 1.54) is 19.3 Å². The standard InChI is InChI=1S/C13H18INO2/c1-2-9-5-3-4-6-11(9)15-8-10(14)7-12(15)13(16)17/h7-9,11H,2-6H2,1H3,(H,16,17). The highest BCUT2D eigenvalue weighted by molar-refractivity contribution is 14.1. The van der Waals surface area contributed by atoms with Crippen LogP contribution < -0.4 is 0 Å². The number of carboxylic acid groups (broad SMARTS) is 1. The molecule has 0 aliphatic heterocycles. The van der Waals surface area contributed by atoms with E-state index in [0.29, 0.717) is 17.7 Å². The Balaban J connectivity index is 2.34. The average Bonchev–Trinajstić information content (AvgIpc) is 2.71. The molecule has 0 spiro atoms. The summed E-state index contributed by atoms with van der Waals surface area (Å²) in [6, 6.07) is 2.15. The molecular weight excluding hydrogens is 329 g/mol. The summed E-state index contributed by atoms with van der Waals surface area (Å²) < 4.78 is 3.01. The van der Waals surface area contributed by atoms with E-state index in [4.69, 9.17) is 0 Å². The van der Waals surface area contributed by atoms with Crippen molar-refractivity contribution in [3.63, 3.8) is 0 Å². The van der Waals surface area contributed by atoms with E-state index in [9.17, 15) is 9.90 Å². The van der Waals surface area contributed by atoms with Crippen molar-refractivity contribution in [3.8, 4) is 0 Å². The summed E-state index contributed by atoms with van der Waals surface area (Å²) >= 11 is 2.19. The van der Waals surface area contributed by atoms with E-state index < -0.39 is 5.97 Å². The Morgan fingerprint density at radius 2 is 2.24 bits per heavy atom. The van der Waals surface area contributed by atoms with Gasteiger partial charge in [-0.15, -0.1) is 0 Å². The maximum Gasteiger partial charge on any atom is 0.352 e. The first kappa shape index (κ1) is 12.9. The second-order valence-corrected chi connectivity index (χ2v) is 6.02. The highest BCUT2D eigenvalue weighted by atomic mass is 127.